The van der Waals surface area contributed by atoms with E-state index in [2.05, 4.69) is 10.6 Å². The first-order chi connectivity index (χ1) is 10.0. The largest absolute Gasteiger partial charge is 0.462 e. The van der Waals surface area contributed by atoms with Crippen LogP contribution in [0.1, 0.15) is 28.6 Å². The molecular weight excluding hydrogens is 292 g/mol. The first-order valence-corrected chi connectivity index (χ1v) is 7.71. The number of amides is 1. The SMILES string of the molecule is CCOC(=O)c1cc(C)sc1NC(=O)C1CC(OC)CN1. The molecule has 1 aromatic heterocycles. The zero-order valence-corrected chi connectivity index (χ0v) is 13.2. The molecule has 1 aliphatic rings. The van der Waals surface area contributed by atoms with Gasteiger partial charge in [0.1, 0.15) is 5.00 Å². The molecule has 0 bridgehead atoms. The minimum absolute atomic E-state index is 0.0512. The van der Waals surface area contributed by atoms with Crippen molar-refractivity contribution in [2.24, 2.45) is 0 Å². The number of esters is 1. The third-order valence-corrected chi connectivity index (χ3v) is 4.29. The topological polar surface area (TPSA) is 76.7 Å². The normalized spacial score (nSPS) is 21.3. The van der Waals surface area contributed by atoms with E-state index < -0.39 is 5.97 Å². The molecule has 2 heterocycles. The summed E-state index contributed by atoms with van der Waals surface area (Å²) in [7, 11) is 1.63. The maximum absolute atomic E-state index is 12.2. The van der Waals surface area contributed by atoms with E-state index in [0.717, 1.165) is 4.88 Å². The molecule has 21 heavy (non-hydrogen) atoms. The summed E-state index contributed by atoms with van der Waals surface area (Å²) in [5.41, 5.74) is 0.411. The summed E-state index contributed by atoms with van der Waals surface area (Å²) in [4.78, 5) is 25.1. The number of hydrogen-bond donors (Lipinski definition) is 2. The van der Waals surface area contributed by atoms with Gasteiger partial charge in [-0.15, -0.1) is 11.3 Å². The molecule has 2 unspecified atom stereocenters. The summed E-state index contributed by atoms with van der Waals surface area (Å²) < 4.78 is 10.2. The van der Waals surface area contributed by atoms with Crippen molar-refractivity contribution in [2.75, 3.05) is 25.6 Å². The van der Waals surface area contributed by atoms with Crippen LogP contribution >= 0.6 is 11.3 Å². The van der Waals surface area contributed by atoms with Gasteiger partial charge >= 0.3 is 5.97 Å². The zero-order chi connectivity index (χ0) is 15.4. The molecule has 0 spiro atoms. The fourth-order valence-corrected chi connectivity index (χ4v) is 3.15. The molecule has 2 rings (SSSR count). The van der Waals surface area contributed by atoms with Crippen molar-refractivity contribution in [3.63, 3.8) is 0 Å². The van der Waals surface area contributed by atoms with Crippen molar-refractivity contribution in [2.45, 2.75) is 32.4 Å². The molecule has 0 aliphatic carbocycles. The Labute approximate surface area is 127 Å². The van der Waals surface area contributed by atoms with E-state index in [0.29, 0.717) is 30.1 Å². The monoisotopic (exact) mass is 312 g/mol. The lowest BCUT2D eigenvalue weighted by Gasteiger charge is -2.11. The highest BCUT2D eigenvalue weighted by Gasteiger charge is 2.30. The molecular formula is C14H20N2O4S. The molecule has 7 heteroatoms. The van der Waals surface area contributed by atoms with E-state index in [1.54, 1.807) is 20.1 Å². The van der Waals surface area contributed by atoms with Crippen molar-refractivity contribution in [3.8, 4) is 0 Å². The van der Waals surface area contributed by atoms with Gasteiger partial charge in [-0.3, -0.25) is 4.79 Å². The van der Waals surface area contributed by atoms with E-state index in [1.807, 2.05) is 6.92 Å². The number of carbonyl (C=O) groups excluding carboxylic acids is 2. The van der Waals surface area contributed by atoms with Gasteiger partial charge in [0.05, 0.1) is 24.3 Å². The Hall–Kier alpha value is -1.44. The van der Waals surface area contributed by atoms with Crippen molar-refractivity contribution in [3.05, 3.63) is 16.5 Å². The smallest absolute Gasteiger partial charge is 0.341 e. The van der Waals surface area contributed by atoms with Crippen LogP contribution in [0.15, 0.2) is 6.07 Å². The van der Waals surface area contributed by atoms with Gasteiger partial charge in [-0.2, -0.15) is 0 Å². The summed E-state index contributed by atoms with van der Waals surface area (Å²) in [5.74, 6) is -0.562. The van der Waals surface area contributed by atoms with Crippen LogP contribution in [-0.4, -0.2) is 44.3 Å². The van der Waals surface area contributed by atoms with Gasteiger partial charge in [-0.05, 0) is 26.3 Å². The first-order valence-electron chi connectivity index (χ1n) is 6.89. The fourth-order valence-electron chi connectivity index (χ4n) is 2.25. The van der Waals surface area contributed by atoms with Crippen molar-refractivity contribution < 1.29 is 19.1 Å². The number of methoxy groups -OCH3 is 1. The number of hydrogen-bond acceptors (Lipinski definition) is 6. The Morgan fingerprint density at radius 3 is 2.90 bits per heavy atom. The van der Waals surface area contributed by atoms with Crippen LogP contribution in [0.25, 0.3) is 0 Å². The number of anilines is 1. The summed E-state index contributed by atoms with van der Waals surface area (Å²) in [6.07, 6.45) is 0.678. The van der Waals surface area contributed by atoms with Gasteiger partial charge in [-0.25, -0.2) is 4.79 Å². The Kier molecular flexibility index (Phi) is 5.33. The van der Waals surface area contributed by atoms with Crippen LogP contribution in [0.4, 0.5) is 5.00 Å². The third kappa shape index (κ3) is 3.81. The Bertz CT molecular complexity index is 529. The quantitative estimate of drug-likeness (QED) is 0.807. The Morgan fingerprint density at radius 2 is 2.29 bits per heavy atom. The number of thiophene rings is 1. The predicted octanol–water partition coefficient (Wildman–Crippen LogP) is 1.55. The minimum Gasteiger partial charge on any atom is -0.462 e. The number of rotatable bonds is 5. The molecule has 6 nitrogen and oxygen atoms in total. The van der Waals surface area contributed by atoms with Crippen molar-refractivity contribution in [1.82, 2.24) is 5.32 Å². The average molecular weight is 312 g/mol. The van der Waals surface area contributed by atoms with Gasteiger partial charge in [0.25, 0.3) is 0 Å². The molecule has 0 saturated carbocycles. The van der Waals surface area contributed by atoms with Crippen LogP contribution < -0.4 is 10.6 Å². The summed E-state index contributed by atoms with van der Waals surface area (Å²) in [6.45, 7) is 4.60. The maximum atomic E-state index is 12.2. The van der Waals surface area contributed by atoms with Gasteiger partial charge in [0.15, 0.2) is 0 Å². The predicted molar refractivity (Wildman–Crippen MR) is 80.8 cm³/mol. The van der Waals surface area contributed by atoms with Gasteiger partial charge in [0.2, 0.25) is 5.91 Å². The van der Waals surface area contributed by atoms with Crippen molar-refractivity contribution >= 4 is 28.2 Å². The van der Waals surface area contributed by atoms with E-state index >= 15 is 0 Å². The molecule has 1 aliphatic heterocycles. The number of carbonyl (C=O) groups is 2. The molecule has 0 aromatic carbocycles. The van der Waals surface area contributed by atoms with E-state index in [4.69, 9.17) is 9.47 Å². The van der Waals surface area contributed by atoms with Gasteiger partial charge < -0.3 is 20.1 Å². The molecule has 116 valence electrons. The third-order valence-electron chi connectivity index (χ3n) is 3.33. The lowest BCUT2D eigenvalue weighted by atomic mass is 10.2. The van der Waals surface area contributed by atoms with E-state index in [9.17, 15) is 9.59 Å². The highest BCUT2D eigenvalue weighted by Crippen LogP contribution is 2.28. The summed E-state index contributed by atoms with van der Waals surface area (Å²) >= 11 is 1.37. The molecule has 2 N–H and O–H groups in total. The lowest BCUT2D eigenvalue weighted by Crippen LogP contribution is -2.35. The summed E-state index contributed by atoms with van der Waals surface area (Å²) in [6, 6.07) is 1.44. The number of ether oxygens (including phenoxy) is 2. The molecule has 1 fully saturated rings. The minimum atomic E-state index is -0.411. The molecule has 1 saturated heterocycles. The first kappa shape index (κ1) is 15.9. The second-order valence-electron chi connectivity index (χ2n) is 4.86. The number of nitrogens with one attached hydrogen (secondary N) is 2. The van der Waals surface area contributed by atoms with E-state index in [1.165, 1.54) is 11.3 Å². The standard InChI is InChI=1S/C14H20N2O4S/c1-4-20-14(18)10-5-8(2)21-13(10)16-12(17)11-6-9(19-3)7-15-11/h5,9,11,15H,4,6-7H2,1-3H3,(H,16,17). The van der Waals surface area contributed by atoms with Crippen molar-refractivity contribution in [1.29, 1.82) is 0 Å². The highest BCUT2D eigenvalue weighted by molar-refractivity contribution is 7.16. The van der Waals surface area contributed by atoms with Crippen LogP contribution in [0.3, 0.4) is 0 Å². The maximum Gasteiger partial charge on any atom is 0.341 e. The van der Waals surface area contributed by atoms with E-state index in [-0.39, 0.29) is 18.1 Å². The molecule has 1 aromatic rings. The highest BCUT2D eigenvalue weighted by atomic mass is 32.1. The van der Waals surface area contributed by atoms with Gasteiger partial charge in [-0.1, -0.05) is 0 Å². The van der Waals surface area contributed by atoms with Crippen LogP contribution in [0.5, 0.6) is 0 Å². The Morgan fingerprint density at radius 1 is 1.52 bits per heavy atom. The van der Waals surface area contributed by atoms with Crippen LogP contribution in [-0.2, 0) is 14.3 Å². The van der Waals surface area contributed by atoms with Gasteiger partial charge in [0, 0.05) is 18.5 Å². The zero-order valence-electron chi connectivity index (χ0n) is 12.4. The summed E-state index contributed by atoms with van der Waals surface area (Å²) in [5, 5.41) is 6.47. The molecule has 1 amide bonds. The second kappa shape index (κ2) is 7.02. The fraction of sp³-hybridized carbons (Fsp3) is 0.571. The number of aryl methyl sites for hydroxylation is 1. The second-order valence-corrected chi connectivity index (χ2v) is 6.12. The molecule has 2 atom stereocenters. The lowest BCUT2D eigenvalue weighted by molar-refractivity contribution is -0.117. The molecule has 0 radical (unpaired) electrons. The average Bonchev–Trinajstić information content (AvgIpc) is 3.05. The Balaban J connectivity index is 2.05. The van der Waals surface area contributed by atoms with Crippen LogP contribution in [0, 0.1) is 6.92 Å². The van der Waals surface area contributed by atoms with Crippen LogP contribution in [0.2, 0.25) is 0 Å².